The molecule has 1 aromatic heterocycles. The third kappa shape index (κ3) is 5.33. The monoisotopic (exact) mass is 470 g/mol. The van der Waals surface area contributed by atoms with Crippen LogP contribution in [0.4, 0.5) is 16.3 Å². The number of nitrogens with one attached hydrogen (secondary N) is 2. The van der Waals surface area contributed by atoms with Crippen LogP contribution in [-0.2, 0) is 0 Å². The predicted molar refractivity (Wildman–Crippen MR) is 138 cm³/mol. The lowest BCUT2D eigenvalue weighted by molar-refractivity contribution is 0.262. The van der Waals surface area contributed by atoms with Gasteiger partial charge in [-0.2, -0.15) is 0 Å². The number of hydrogen-bond donors (Lipinski definition) is 2. The van der Waals surface area contributed by atoms with Gasteiger partial charge < -0.3 is 19.5 Å². The number of methoxy groups -OCH3 is 3. The van der Waals surface area contributed by atoms with Gasteiger partial charge in [0.15, 0.2) is 17.3 Å². The van der Waals surface area contributed by atoms with E-state index in [1.54, 1.807) is 27.4 Å². The number of para-hydroxylation sites is 2. The smallest absolute Gasteiger partial charge is 0.324 e. The Balaban J connectivity index is 1.65. The Kier molecular flexibility index (Phi) is 7.11. The largest absolute Gasteiger partial charge is 0.493 e. The van der Waals surface area contributed by atoms with Crippen LogP contribution in [0, 0.1) is 6.92 Å². The van der Waals surface area contributed by atoms with Gasteiger partial charge in [-0.05, 0) is 54.5 Å². The van der Waals surface area contributed by atoms with Gasteiger partial charge >= 0.3 is 6.03 Å². The lowest BCUT2D eigenvalue weighted by atomic mass is 10.1. The summed E-state index contributed by atoms with van der Waals surface area (Å²) in [4.78, 5) is 21.9. The number of nitrogens with zero attached hydrogens (tertiary/aromatic N) is 2. The molecule has 178 valence electrons. The Morgan fingerprint density at radius 3 is 2.20 bits per heavy atom. The summed E-state index contributed by atoms with van der Waals surface area (Å²) in [7, 11) is 4.69. The SMILES string of the molecule is COc1cc(/C=C/c2nc(NC(=O)Nc3ccccc3C)c3ccccc3n2)cc(OC)c1OC. The molecule has 2 amide bonds. The fraction of sp³-hybridized carbons (Fsp3) is 0.148. The van der Waals surface area contributed by atoms with Crippen LogP contribution < -0.4 is 24.8 Å². The Morgan fingerprint density at radius 2 is 1.51 bits per heavy atom. The molecule has 0 unspecified atom stereocenters. The van der Waals surface area contributed by atoms with Crippen LogP contribution in [-0.4, -0.2) is 37.3 Å². The molecular formula is C27H26N4O4. The highest BCUT2D eigenvalue weighted by atomic mass is 16.5. The van der Waals surface area contributed by atoms with E-state index in [2.05, 4.69) is 20.6 Å². The van der Waals surface area contributed by atoms with Crippen LogP contribution in [0.2, 0.25) is 0 Å². The molecule has 8 nitrogen and oxygen atoms in total. The summed E-state index contributed by atoms with van der Waals surface area (Å²) in [6, 6.07) is 18.3. The summed E-state index contributed by atoms with van der Waals surface area (Å²) >= 11 is 0. The Morgan fingerprint density at radius 1 is 0.829 bits per heavy atom. The van der Waals surface area contributed by atoms with E-state index in [1.165, 1.54) is 0 Å². The maximum absolute atomic E-state index is 12.7. The first-order chi connectivity index (χ1) is 17.0. The van der Waals surface area contributed by atoms with Crippen molar-refractivity contribution in [1.29, 1.82) is 0 Å². The number of benzene rings is 3. The zero-order valence-corrected chi connectivity index (χ0v) is 20.0. The minimum Gasteiger partial charge on any atom is -0.493 e. The van der Waals surface area contributed by atoms with E-state index in [0.717, 1.165) is 22.2 Å². The van der Waals surface area contributed by atoms with Gasteiger partial charge in [0, 0.05) is 11.1 Å². The number of fused-ring (bicyclic) bond motifs is 1. The summed E-state index contributed by atoms with van der Waals surface area (Å²) in [5, 5.41) is 6.46. The number of carbonyl (C=O) groups is 1. The molecule has 35 heavy (non-hydrogen) atoms. The number of amides is 2. The van der Waals surface area contributed by atoms with Gasteiger partial charge in [-0.15, -0.1) is 0 Å². The van der Waals surface area contributed by atoms with Crippen molar-refractivity contribution >= 4 is 40.6 Å². The van der Waals surface area contributed by atoms with Crippen molar-refractivity contribution < 1.29 is 19.0 Å². The van der Waals surface area contributed by atoms with Gasteiger partial charge in [-0.3, -0.25) is 5.32 Å². The molecule has 4 rings (SSSR count). The maximum atomic E-state index is 12.7. The Labute approximate surface area is 203 Å². The van der Waals surface area contributed by atoms with Crippen LogP contribution in [0.15, 0.2) is 60.7 Å². The molecule has 0 aliphatic carbocycles. The first-order valence-corrected chi connectivity index (χ1v) is 10.9. The Hall–Kier alpha value is -4.59. The molecule has 1 heterocycles. The fourth-order valence-electron chi connectivity index (χ4n) is 3.61. The molecule has 0 radical (unpaired) electrons. The number of anilines is 2. The number of rotatable bonds is 7. The number of aryl methyl sites for hydroxylation is 1. The lowest BCUT2D eigenvalue weighted by Crippen LogP contribution is -2.21. The molecule has 0 spiro atoms. The van der Waals surface area contributed by atoms with Crippen LogP contribution in [0.5, 0.6) is 17.2 Å². The third-order valence-electron chi connectivity index (χ3n) is 5.36. The first kappa shape index (κ1) is 23.6. The summed E-state index contributed by atoms with van der Waals surface area (Å²) in [5.41, 5.74) is 3.20. The topological polar surface area (TPSA) is 94.6 Å². The van der Waals surface area contributed by atoms with E-state index in [9.17, 15) is 4.79 Å². The van der Waals surface area contributed by atoms with Crippen molar-refractivity contribution in [2.75, 3.05) is 32.0 Å². The molecule has 0 aliphatic rings. The summed E-state index contributed by atoms with van der Waals surface area (Å²) in [6.45, 7) is 1.93. The second-order valence-corrected chi connectivity index (χ2v) is 7.63. The van der Waals surface area contributed by atoms with Crippen molar-refractivity contribution in [2.45, 2.75) is 6.92 Å². The van der Waals surface area contributed by atoms with Crippen LogP contribution >= 0.6 is 0 Å². The fourth-order valence-corrected chi connectivity index (χ4v) is 3.61. The van der Waals surface area contributed by atoms with E-state index in [1.807, 2.05) is 73.7 Å². The highest BCUT2D eigenvalue weighted by Crippen LogP contribution is 2.38. The second kappa shape index (κ2) is 10.6. The van der Waals surface area contributed by atoms with Crippen LogP contribution in [0.25, 0.3) is 23.1 Å². The summed E-state index contributed by atoms with van der Waals surface area (Å²) in [6.07, 6.45) is 3.60. The molecular weight excluding hydrogens is 444 g/mol. The number of ether oxygens (including phenoxy) is 3. The van der Waals surface area contributed by atoms with E-state index in [-0.39, 0.29) is 6.03 Å². The predicted octanol–water partition coefficient (Wildman–Crippen LogP) is 5.78. The lowest BCUT2D eigenvalue weighted by Gasteiger charge is -2.13. The van der Waals surface area contributed by atoms with Gasteiger partial charge in [0.25, 0.3) is 0 Å². The highest BCUT2D eigenvalue weighted by molar-refractivity contribution is 6.04. The zero-order chi connectivity index (χ0) is 24.8. The van der Waals surface area contributed by atoms with E-state index in [0.29, 0.717) is 34.4 Å². The van der Waals surface area contributed by atoms with Gasteiger partial charge in [-0.25, -0.2) is 14.8 Å². The summed E-state index contributed by atoms with van der Waals surface area (Å²) < 4.78 is 16.2. The van der Waals surface area contributed by atoms with Crippen molar-refractivity contribution in [3.63, 3.8) is 0 Å². The molecule has 2 N–H and O–H groups in total. The van der Waals surface area contributed by atoms with E-state index < -0.39 is 0 Å². The molecule has 0 aliphatic heterocycles. The van der Waals surface area contributed by atoms with Crippen LogP contribution in [0.3, 0.4) is 0 Å². The maximum Gasteiger partial charge on any atom is 0.324 e. The molecule has 0 bridgehead atoms. The molecule has 4 aromatic rings. The summed E-state index contributed by atoms with van der Waals surface area (Å²) in [5.74, 6) is 2.44. The van der Waals surface area contributed by atoms with Gasteiger partial charge in [0.2, 0.25) is 5.75 Å². The van der Waals surface area contributed by atoms with Gasteiger partial charge in [-0.1, -0.05) is 36.4 Å². The minimum atomic E-state index is -0.386. The van der Waals surface area contributed by atoms with Gasteiger partial charge in [0.05, 0.1) is 26.8 Å². The van der Waals surface area contributed by atoms with Crippen molar-refractivity contribution in [3.8, 4) is 17.2 Å². The average molecular weight is 471 g/mol. The molecule has 3 aromatic carbocycles. The molecule has 0 saturated heterocycles. The van der Waals surface area contributed by atoms with Crippen molar-refractivity contribution in [1.82, 2.24) is 9.97 Å². The second-order valence-electron chi connectivity index (χ2n) is 7.63. The third-order valence-corrected chi connectivity index (χ3v) is 5.36. The van der Waals surface area contributed by atoms with Crippen molar-refractivity contribution in [2.24, 2.45) is 0 Å². The minimum absolute atomic E-state index is 0.386. The Bertz CT molecular complexity index is 1380. The normalized spacial score (nSPS) is 10.9. The van der Waals surface area contributed by atoms with E-state index in [4.69, 9.17) is 14.2 Å². The first-order valence-electron chi connectivity index (χ1n) is 10.9. The van der Waals surface area contributed by atoms with Gasteiger partial charge in [0.1, 0.15) is 5.82 Å². The van der Waals surface area contributed by atoms with Crippen LogP contribution in [0.1, 0.15) is 17.0 Å². The number of hydrogen-bond acceptors (Lipinski definition) is 6. The zero-order valence-electron chi connectivity index (χ0n) is 20.0. The molecule has 0 saturated carbocycles. The molecule has 0 fully saturated rings. The molecule has 0 atom stereocenters. The number of carbonyl (C=O) groups excluding carboxylic acids is 1. The number of aromatic nitrogens is 2. The van der Waals surface area contributed by atoms with Crippen molar-refractivity contribution in [3.05, 3.63) is 77.6 Å². The quantitative estimate of drug-likeness (QED) is 0.356. The molecule has 8 heteroatoms. The number of urea groups is 1. The highest BCUT2D eigenvalue weighted by Gasteiger charge is 2.13. The van der Waals surface area contributed by atoms with E-state index >= 15 is 0 Å². The average Bonchev–Trinajstić information content (AvgIpc) is 2.88. The standard InChI is InChI=1S/C27H26N4O4/c1-17-9-5-7-11-20(17)29-27(32)31-26-19-10-6-8-12-21(19)28-24(30-26)14-13-18-15-22(33-2)25(35-4)23(16-18)34-3/h5-16H,1-4H3,(H2,28,29,30,31,32)/b14-13+.